The summed E-state index contributed by atoms with van der Waals surface area (Å²) in [6.45, 7) is 2.50. The molecule has 0 saturated heterocycles. The lowest BCUT2D eigenvalue weighted by molar-refractivity contribution is 0.0452. The molecule has 8 heteroatoms. The Labute approximate surface area is 191 Å². The van der Waals surface area contributed by atoms with E-state index in [1.165, 1.54) is 0 Å². The molecule has 6 nitrogen and oxygen atoms in total. The van der Waals surface area contributed by atoms with E-state index in [1.807, 2.05) is 24.0 Å². The molecule has 0 radical (unpaired) electrons. The molecule has 3 aromatic rings. The minimum absolute atomic E-state index is 0.0350. The molecule has 0 bridgehead atoms. The van der Waals surface area contributed by atoms with Crippen molar-refractivity contribution in [1.29, 1.82) is 0 Å². The fraction of sp³-hybridized carbons (Fsp3) is 0.304. The average molecular weight is 462 g/mol. The molecular weight excluding hydrogens is 437 g/mol. The molecule has 0 saturated carbocycles. The molecule has 0 aliphatic rings. The molecule has 2 aromatic heterocycles. The minimum Gasteiger partial charge on any atom is -0.508 e. The van der Waals surface area contributed by atoms with Gasteiger partial charge in [-0.25, -0.2) is 9.97 Å². The molecule has 0 fully saturated rings. The summed E-state index contributed by atoms with van der Waals surface area (Å²) in [6, 6.07) is 17.2. The molecule has 164 valence electrons. The van der Waals surface area contributed by atoms with Crippen LogP contribution in [-0.4, -0.2) is 49.3 Å². The highest BCUT2D eigenvalue weighted by Gasteiger charge is 2.24. The Bertz CT molecular complexity index is 934. The molecule has 2 unspecified atom stereocenters. The van der Waals surface area contributed by atoms with Crippen LogP contribution in [0.3, 0.4) is 0 Å². The predicted molar refractivity (Wildman–Crippen MR) is 121 cm³/mol. The van der Waals surface area contributed by atoms with Gasteiger partial charge in [-0.15, -0.1) is 0 Å². The summed E-state index contributed by atoms with van der Waals surface area (Å²) >= 11 is 11.9. The molecular formula is C23H25Cl2N3O3. The van der Waals surface area contributed by atoms with Gasteiger partial charge in [0, 0.05) is 19.1 Å². The topological polar surface area (TPSA) is 89.7 Å². The number of phenolic OH excluding ortho intramolecular Hbond substituents is 1. The number of aliphatic hydroxyl groups excluding tert-OH is 2. The van der Waals surface area contributed by atoms with E-state index >= 15 is 0 Å². The fourth-order valence-electron chi connectivity index (χ4n) is 3.39. The third kappa shape index (κ3) is 6.89. The molecule has 3 atom stereocenters. The lowest BCUT2D eigenvalue weighted by Crippen LogP contribution is -2.40. The van der Waals surface area contributed by atoms with Crippen LogP contribution in [0.4, 0.5) is 0 Å². The average Bonchev–Trinajstić information content (AvgIpc) is 2.74. The van der Waals surface area contributed by atoms with Gasteiger partial charge in [0.05, 0.1) is 11.4 Å². The van der Waals surface area contributed by atoms with Gasteiger partial charge in [-0.1, -0.05) is 47.5 Å². The number of aromatic hydroxyl groups is 1. The minimum atomic E-state index is -0.888. The van der Waals surface area contributed by atoms with Crippen molar-refractivity contribution < 1.29 is 15.3 Å². The monoisotopic (exact) mass is 461 g/mol. The van der Waals surface area contributed by atoms with Gasteiger partial charge in [-0.3, -0.25) is 4.90 Å². The number of hydrogen-bond donors (Lipinski definition) is 3. The lowest BCUT2D eigenvalue weighted by atomic mass is 10.0. The number of pyridine rings is 2. The van der Waals surface area contributed by atoms with Crippen LogP contribution in [0.15, 0.2) is 60.7 Å². The summed E-state index contributed by atoms with van der Waals surface area (Å²) in [5.74, 6) is 0.207. The summed E-state index contributed by atoms with van der Waals surface area (Å²) in [5, 5.41) is 31.7. The Morgan fingerprint density at radius 3 is 1.74 bits per heavy atom. The Hall–Kier alpha value is -2.22. The van der Waals surface area contributed by atoms with Crippen molar-refractivity contribution >= 4 is 23.2 Å². The summed E-state index contributed by atoms with van der Waals surface area (Å²) in [7, 11) is 0. The van der Waals surface area contributed by atoms with Crippen LogP contribution in [0.5, 0.6) is 5.75 Å². The maximum absolute atomic E-state index is 10.8. The van der Waals surface area contributed by atoms with Gasteiger partial charge in [0.25, 0.3) is 0 Å². The highest BCUT2D eigenvalue weighted by Crippen LogP contribution is 2.22. The third-order valence-electron chi connectivity index (χ3n) is 5.06. The first-order valence-corrected chi connectivity index (χ1v) is 10.7. The van der Waals surface area contributed by atoms with E-state index in [2.05, 4.69) is 9.97 Å². The standard InChI is InChI=1S/C23H25Cl2N3O3/c1-15(12-16-8-10-17(29)11-9-16)28(13-20(30)18-4-2-6-22(24)26-18)14-21(31)19-5-3-7-23(25)27-19/h2-11,15,20-21,29-31H,12-14H2,1H3/t15-,20?,21?/m1/s1. The molecule has 0 aliphatic heterocycles. The Morgan fingerprint density at radius 1 is 0.806 bits per heavy atom. The van der Waals surface area contributed by atoms with Crippen molar-refractivity contribution in [1.82, 2.24) is 14.9 Å². The van der Waals surface area contributed by atoms with Gasteiger partial charge in [0.15, 0.2) is 0 Å². The lowest BCUT2D eigenvalue weighted by Gasteiger charge is -2.32. The SMILES string of the molecule is C[C@H](Cc1ccc(O)cc1)N(CC(O)c1cccc(Cl)n1)CC(O)c1cccc(Cl)n1. The number of benzene rings is 1. The Balaban J connectivity index is 1.78. The van der Waals surface area contributed by atoms with Crippen LogP contribution in [0.25, 0.3) is 0 Å². The number of hydrogen-bond acceptors (Lipinski definition) is 6. The molecule has 1 aromatic carbocycles. The van der Waals surface area contributed by atoms with Crippen LogP contribution in [0.1, 0.15) is 36.1 Å². The first kappa shape index (κ1) is 23.4. The summed E-state index contributed by atoms with van der Waals surface area (Å²) < 4.78 is 0. The van der Waals surface area contributed by atoms with Crippen LogP contribution in [-0.2, 0) is 6.42 Å². The van der Waals surface area contributed by atoms with Gasteiger partial charge in [0.1, 0.15) is 28.3 Å². The smallest absolute Gasteiger partial charge is 0.129 e. The maximum Gasteiger partial charge on any atom is 0.129 e. The molecule has 0 amide bonds. The Morgan fingerprint density at radius 2 is 1.29 bits per heavy atom. The molecule has 3 N–H and O–H groups in total. The second kappa shape index (κ2) is 10.9. The van der Waals surface area contributed by atoms with Gasteiger partial charge in [-0.05, 0) is 55.3 Å². The summed E-state index contributed by atoms with van der Waals surface area (Å²) in [4.78, 5) is 10.4. The molecule has 0 spiro atoms. The normalized spacial score (nSPS) is 14.4. The first-order chi connectivity index (χ1) is 14.8. The van der Waals surface area contributed by atoms with E-state index in [0.29, 0.717) is 28.1 Å². The van der Waals surface area contributed by atoms with E-state index in [-0.39, 0.29) is 24.9 Å². The highest BCUT2D eigenvalue weighted by molar-refractivity contribution is 6.29. The van der Waals surface area contributed by atoms with E-state index in [0.717, 1.165) is 5.56 Å². The van der Waals surface area contributed by atoms with Gasteiger partial charge >= 0.3 is 0 Å². The number of aromatic nitrogens is 2. The van der Waals surface area contributed by atoms with Crippen molar-refractivity contribution in [2.75, 3.05) is 13.1 Å². The van der Waals surface area contributed by atoms with E-state index in [4.69, 9.17) is 23.2 Å². The zero-order chi connectivity index (χ0) is 22.4. The van der Waals surface area contributed by atoms with Crippen molar-refractivity contribution in [3.63, 3.8) is 0 Å². The zero-order valence-electron chi connectivity index (χ0n) is 17.1. The van der Waals surface area contributed by atoms with Crippen LogP contribution >= 0.6 is 23.2 Å². The molecule has 0 aliphatic carbocycles. The Kier molecular flexibility index (Phi) is 8.23. The van der Waals surface area contributed by atoms with Gasteiger partial charge in [0.2, 0.25) is 0 Å². The zero-order valence-corrected chi connectivity index (χ0v) is 18.6. The second-order valence-corrected chi connectivity index (χ2v) is 8.25. The predicted octanol–water partition coefficient (Wildman–Crippen LogP) is 4.19. The van der Waals surface area contributed by atoms with Crippen LogP contribution in [0, 0.1) is 0 Å². The van der Waals surface area contributed by atoms with E-state index in [1.54, 1.807) is 48.5 Å². The van der Waals surface area contributed by atoms with E-state index in [9.17, 15) is 15.3 Å². The quantitative estimate of drug-likeness (QED) is 0.414. The maximum atomic E-state index is 10.8. The van der Waals surface area contributed by atoms with Crippen LogP contribution in [0.2, 0.25) is 10.3 Å². The molecule has 31 heavy (non-hydrogen) atoms. The van der Waals surface area contributed by atoms with Crippen molar-refractivity contribution in [3.05, 3.63) is 87.9 Å². The third-order valence-corrected chi connectivity index (χ3v) is 5.48. The van der Waals surface area contributed by atoms with Crippen molar-refractivity contribution in [3.8, 4) is 5.75 Å². The van der Waals surface area contributed by atoms with E-state index < -0.39 is 12.2 Å². The number of halogens is 2. The van der Waals surface area contributed by atoms with Gasteiger partial charge < -0.3 is 15.3 Å². The summed E-state index contributed by atoms with van der Waals surface area (Å²) in [6.07, 6.45) is -1.12. The molecule has 2 heterocycles. The van der Waals surface area contributed by atoms with Crippen molar-refractivity contribution in [2.24, 2.45) is 0 Å². The number of phenols is 1. The molecule has 3 rings (SSSR count). The van der Waals surface area contributed by atoms with Gasteiger partial charge in [-0.2, -0.15) is 0 Å². The second-order valence-electron chi connectivity index (χ2n) is 7.48. The highest BCUT2D eigenvalue weighted by atomic mass is 35.5. The first-order valence-electron chi connectivity index (χ1n) is 9.95. The largest absolute Gasteiger partial charge is 0.508 e. The fourth-order valence-corrected chi connectivity index (χ4v) is 3.73. The summed E-state index contributed by atoms with van der Waals surface area (Å²) in [5.41, 5.74) is 1.95. The number of nitrogens with zero attached hydrogens (tertiary/aromatic N) is 3. The van der Waals surface area contributed by atoms with Crippen molar-refractivity contribution in [2.45, 2.75) is 31.6 Å². The van der Waals surface area contributed by atoms with Crippen LogP contribution < -0.4 is 0 Å². The number of rotatable bonds is 9. The number of aliphatic hydroxyl groups is 2.